The number of amides is 1. The van der Waals surface area contributed by atoms with Crippen molar-refractivity contribution >= 4 is 29.1 Å². The number of hydrogen-bond acceptors (Lipinski definition) is 3. The summed E-state index contributed by atoms with van der Waals surface area (Å²) in [5.74, 6) is 0.295. The van der Waals surface area contributed by atoms with Gasteiger partial charge in [-0.15, -0.1) is 0 Å². The first-order chi connectivity index (χ1) is 9.63. The van der Waals surface area contributed by atoms with E-state index in [-0.39, 0.29) is 12.5 Å². The van der Waals surface area contributed by atoms with Gasteiger partial charge in [-0.05, 0) is 37.6 Å². The summed E-state index contributed by atoms with van der Waals surface area (Å²) >= 11 is 11.7. The number of carbonyl (C=O) groups is 1. The van der Waals surface area contributed by atoms with Crippen LogP contribution in [0.3, 0.4) is 0 Å². The molecule has 0 unspecified atom stereocenters. The Kier molecular flexibility index (Phi) is 8.42. The van der Waals surface area contributed by atoms with Gasteiger partial charge >= 0.3 is 0 Å². The Morgan fingerprint density at radius 1 is 1.20 bits per heavy atom. The van der Waals surface area contributed by atoms with Gasteiger partial charge in [0.2, 0.25) is 0 Å². The highest BCUT2D eigenvalue weighted by atomic mass is 35.5. The van der Waals surface area contributed by atoms with Gasteiger partial charge < -0.3 is 15.8 Å². The van der Waals surface area contributed by atoms with Crippen LogP contribution in [0.25, 0.3) is 0 Å². The van der Waals surface area contributed by atoms with E-state index in [0.717, 1.165) is 32.2 Å². The number of ether oxygens (including phenoxy) is 1. The molecule has 0 bridgehead atoms. The molecule has 112 valence electrons. The second-order valence-corrected chi connectivity index (χ2v) is 5.26. The second kappa shape index (κ2) is 9.86. The quantitative estimate of drug-likeness (QED) is 0.688. The molecule has 0 spiro atoms. The molecule has 3 N–H and O–H groups in total. The number of carbonyl (C=O) groups excluding carboxylic acids is 1. The summed E-state index contributed by atoms with van der Waals surface area (Å²) in [5, 5.41) is 3.72. The Balaban J connectivity index is 2.16. The highest BCUT2D eigenvalue weighted by Gasteiger charge is 2.05. The normalized spacial score (nSPS) is 10.3. The maximum Gasteiger partial charge on any atom is 0.257 e. The number of benzene rings is 1. The molecule has 20 heavy (non-hydrogen) atoms. The molecule has 0 aliphatic heterocycles. The van der Waals surface area contributed by atoms with Gasteiger partial charge in [-0.25, -0.2) is 0 Å². The molecule has 0 aliphatic rings. The average Bonchev–Trinajstić information content (AvgIpc) is 2.41. The lowest BCUT2D eigenvalue weighted by Gasteiger charge is -2.09. The van der Waals surface area contributed by atoms with Crippen LogP contribution in [0.5, 0.6) is 5.75 Å². The van der Waals surface area contributed by atoms with Crippen LogP contribution in [0.15, 0.2) is 18.2 Å². The SMILES string of the molecule is NCCCCCCNC(=O)COc1ccc(Cl)cc1Cl. The van der Waals surface area contributed by atoms with Gasteiger partial charge in [-0.3, -0.25) is 4.79 Å². The summed E-state index contributed by atoms with van der Waals surface area (Å²) in [5.41, 5.74) is 5.40. The topological polar surface area (TPSA) is 64.3 Å². The molecule has 0 fully saturated rings. The number of unbranched alkanes of at least 4 members (excludes halogenated alkanes) is 3. The smallest absolute Gasteiger partial charge is 0.257 e. The lowest BCUT2D eigenvalue weighted by atomic mass is 10.2. The van der Waals surface area contributed by atoms with E-state index in [1.54, 1.807) is 18.2 Å². The summed E-state index contributed by atoms with van der Waals surface area (Å²) in [6.45, 7) is 1.33. The minimum atomic E-state index is -0.158. The number of hydrogen-bond donors (Lipinski definition) is 2. The van der Waals surface area contributed by atoms with Crippen LogP contribution in [0, 0.1) is 0 Å². The van der Waals surface area contributed by atoms with E-state index in [0.29, 0.717) is 22.3 Å². The first-order valence-corrected chi connectivity index (χ1v) is 7.43. The average molecular weight is 319 g/mol. The second-order valence-electron chi connectivity index (χ2n) is 4.42. The fraction of sp³-hybridized carbons (Fsp3) is 0.500. The van der Waals surface area contributed by atoms with Crippen molar-refractivity contribution in [3.63, 3.8) is 0 Å². The van der Waals surface area contributed by atoms with Gasteiger partial charge in [0, 0.05) is 11.6 Å². The summed E-state index contributed by atoms with van der Waals surface area (Å²) in [6.07, 6.45) is 4.16. The van der Waals surface area contributed by atoms with E-state index >= 15 is 0 Å². The molecule has 1 rings (SSSR count). The molecule has 0 aliphatic carbocycles. The van der Waals surface area contributed by atoms with Gasteiger partial charge in [0.1, 0.15) is 5.75 Å². The molecule has 0 heterocycles. The summed E-state index contributed by atoms with van der Waals surface area (Å²) in [6, 6.07) is 4.89. The molecular weight excluding hydrogens is 299 g/mol. The third kappa shape index (κ3) is 6.98. The van der Waals surface area contributed by atoms with Gasteiger partial charge in [-0.1, -0.05) is 36.0 Å². The van der Waals surface area contributed by atoms with Crippen molar-refractivity contribution in [2.24, 2.45) is 5.73 Å². The van der Waals surface area contributed by atoms with Crippen molar-refractivity contribution in [1.82, 2.24) is 5.32 Å². The van der Waals surface area contributed by atoms with Crippen LogP contribution in [-0.4, -0.2) is 25.6 Å². The summed E-state index contributed by atoms with van der Waals surface area (Å²) in [7, 11) is 0. The molecule has 6 heteroatoms. The van der Waals surface area contributed by atoms with Crippen LogP contribution in [-0.2, 0) is 4.79 Å². The maximum absolute atomic E-state index is 11.6. The standard InChI is InChI=1S/C14H20Cl2N2O2/c15-11-5-6-13(12(16)9-11)20-10-14(19)18-8-4-2-1-3-7-17/h5-6,9H,1-4,7-8,10,17H2,(H,18,19). The third-order valence-electron chi connectivity index (χ3n) is 2.71. The molecule has 0 saturated carbocycles. The molecule has 0 radical (unpaired) electrons. The van der Waals surface area contributed by atoms with E-state index in [4.69, 9.17) is 33.7 Å². The van der Waals surface area contributed by atoms with E-state index in [2.05, 4.69) is 5.32 Å². The lowest BCUT2D eigenvalue weighted by Crippen LogP contribution is -2.29. The first-order valence-electron chi connectivity index (χ1n) is 6.68. The number of nitrogens with two attached hydrogens (primary N) is 1. The van der Waals surface area contributed by atoms with Crippen LogP contribution in [0.1, 0.15) is 25.7 Å². The lowest BCUT2D eigenvalue weighted by molar-refractivity contribution is -0.123. The highest BCUT2D eigenvalue weighted by Crippen LogP contribution is 2.27. The molecule has 4 nitrogen and oxygen atoms in total. The fourth-order valence-electron chi connectivity index (χ4n) is 1.64. The Bertz CT molecular complexity index is 428. The minimum absolute atomic E-state index is 0.0514. The van der Waals surface area contributed by atoms with E-state index in [1.165, 1.54) is 0 Å². The monoisotopic (exact) mass is 318 g/mol. The Morgan fingerprint density at radius 3 is 2.65 bits per heavy atom. The van der Waals surface area contributed by atoms with Crippen LogP contribution in [0.4, 0.5) is 0 Å². The summed E-state index contributed by atoms with van der Waals surface area (Å²) in [4.78, 5) is 11.6. The molecule has 1 amide bonds. The minimum Gasteiger partial charge on any atom is -0.482 e. The molecule has 0 atom stereocenters. The molecular formula is C14H20Cl2N2O2. The zero-order valence-corrected chi connectivity index (χ0v) is 12.8. The van der Waals surface area contributed by atoms with E-state index in [1.807, 2.05) is 0 Å². The predicted molar refractivity (Wildman–Crippen MR) is 82.5 cm³/mol. The Labute approximate surface area is 129 Å². The predicted octanol–water partition coefficient (Wildman–Crippen LogP) is 3.01. The number of rotatable bonds is 9. The zero-order chi connectivity index (χ0) is 14.8. The van der Waals surface area contributed by atoms with Crippen molar-refractivity contribution in [3.8, 4) is 5.75 Å². The highest BCUT2D eigenvalue weighted by molar-refractivity contribution is 6.35. The fourth-order valence-corrected chi connectivity index (χ4v) is 2.10. The molecule has 0 saturated heterocycles. The Hall–Kier alpha value is -0.970. The van der Waals surface area contributed by atoms with Crippen molar-refractivity contribution < 1.29 is 9.53 Å². The van der Waals surface area contributed by atoms with Gasteiger partial charge in [0.05, 0.1) is 5.02 Å². The summed E-state index contributed by atoms with van der Waals surface area (Å²) < 4.78 is 5.33. The maximum atomic E-state index is 11.6. The van der Waals surface area contributed by atoms with Crippen molar-refractivity contribution in [1.29, 1.82) is 0 Å². The first kappa shape index (κ1) is 17.1. The van der Waals surface area contributed by atoms with Crippen LogP contribution < -0.4 is 15.8 Å². The van der Waals surface area contributed by atoms with E-state index < -0.39 is 0 Å². The Morgan fingerprint density at radius 2 is 1.95 bits per heavy atom. The zero-order valence-electron chi connectivity index (χ0n) is 11.3. The largest absolute Gasteiger partial charge is 0.482 e. The number of nitrogens with one attached hydrogen (secondary N) is 1. The van der Waals surface area contributed by atoms with Gasteiger partial charge in [0.25, 0.3) is 5.91 Å². The van der Waals surface area contributed by atoms with Gasteiger partial charge in [0.15, 0.2) is 6.61 Å². The molecule has 1 aromatic rings. The van der Waals surface area contributed by atoms with Crippen molar-refractivity contribution in [2.75, 3.05) is 19.7 Å². The third-order valence-corrected chi connectivity index (χ3v) is 3.24. The van der Waals surface area contributed by atoms with E-state index in [9.17, 15) is 4.79 Å². The number of halogens is 2. The van der Waals surface area contributed by atoms with Crippen LogP contribution >= 0.6 is 23.2 Å². The van der Waals surface area contributed by atoms with Crippen LogP contribution in [0.2, 0.25) is 10.0 Å². The van der Waals surface area contributed by atoms with Crippen molar-refractivity contribution in [3.05, 3.63) is 28.2 Å². The van der Waals surface area contributed by atoms with Crippen molar-refractivity contribution in [2.45, 2.75) is 25.7 Å². The van der Waals surface area contributed by atoms with Gasteiger partial charge in [-0.2, -0.15) is 0 Å². The molecule has 1 aromatic carbocycles. The molecule has 0 aromatic heterocycles.